The lowest BCUT2D eigenvalue weighted by Gasteiger charge is -2.35. The molecule has 16 rings (SSSR count). The third-order valence-electron chi connectivity index (χ3n) is 26.0. The number of methoxy groups -OCH3 is 1. The number of hydrogen-bond donors (Lipinski definition) is 9. The topological polar surface area (TPSA) is 520 Å². The van der Waals surface area contributed by atoms with Crippen LogP contribution in [0.3, 0.4) is 0 Å². The van der Waals surface area contributed by atoms with E-state index in [1.54, 1.807) is 73.8 Å². The van der Waals surface area contributed by atoms with Gasteiger partial charge in [-0.25, -0.2) is 75.0 Å². The highest BCUT2D eigenvalue weighted by Crippen LogP contribution is 2.46. The summed E-state index contributed by atoms with van der Waals surface area (Å²) in [5.74, 6) is -1.02. The van der Waals surface area contributed by atoms with Crippen molar-refractivity contribution in [3.05, 3.63) is 251 Å². The molecule has 0 spiro atoms. The molecule has 13 N–H and O–H groups in total. The predicted octanol–water partition coefficient (Wildman–Crippen LogP) is 14.6. The van der Waals surface area contributed by atoms with Crippen LogP contribution in [0, 0.1) is 35.9 Å². The highest BCUT2D eigenvalue weighted by molar-refractivity contribution is 7.91. The van der Waals surface area contributed by atoms with E-state index in [2.05, 4.69) is 120 Å². The van der Waals surface area contributed by atoms with Crippen LogP contribution in [-0.2, 0) is 44.9 Å². The highest BCUT2D eigenvalue weighted by Gasteiger charge is 2.45. The Morgan fingerprint density at radius 2 is 0.958 bits per heavy atom. The first kappa shape index (κ1) is 105. The summed E-state index contributed by atoms with van der Waals surface area (Å²) in [6.45, 7) is 29.4. The molecule has 11 aromatic rings. The summed E-state index contributed by atoms with van der Waals surface area (Å²) in [5.41, 5.74) is 28.0. The van der Waals surface area contributed by atoms with Gasteiger partial charge < -0.3 is 52.4 Å². The van der Waals surface area contributed by atoms with Crippen LogP contribution >= 0.6 is 0 Å². The van der Waals surface area contributed by atoms with Gasteiger partial charge in [-0.15, -0.1) is 0 Å². The Morgan fingerprint density at radius 1 is 0.507 bits per heavy atom. The maximum absolute atomic E-state index is 14.7. The molecule has 142 heavy (non-hydrogen) atoms. The second-order valence-corrected chi connectivity index (χ2v) is 45.5. The number of ether oxygens (including phenoxy) is 1. The van der Waals surface area contributed by atoms with Crippen molar-refractivity contribution < 1.29 is 71.9 Å². The van der Waals surface area contributed by atoms with E-state index in [1.807, 2.05) is 67.5 Å². The van der Waals surface area contributed by atoms with Crippen LogP contribution in [0.25, 0.3) is 28.1 Å². The molecule has 4 aliphatic heterocycles. The molecule has 5 aliphatic rings. The van der Waals surface area contributed by atoms with Crippen molar-refractivity contribution in [2.24, 2.45) is 23.2 Å². The minimum atomic E-state index is -4.29. The molecule has 12 heterocycles. The van der Waals surface area contributed by atoms with E-state index in [9.17, 15) is 67.1 Å². The van der Waals surface area contributed by atoms with Crippen molar-refractivity contribution in [2.75, 3.05) is 77.5 Å². The number of sulfonamides is 4. The molecule has 3 aromatic carbocycles. The predicted molar refractivity (Wildman–Crippen MR) is 543 cm³/mol. The SMILES string of the molecule is CCC(C)(C)C(=O)N1CCC=C(c2ccc(C(=O)NS(=O)(=O)c3cccc(N)n3)c(N3C[C@@H](C)CC3(C)C)n2)C1.COc1cc(-c2ccc(C(=O)NS(=O)(=O)c3cccnc3N)c(N3C[C@@H](C)CC3(C)C)n2)ccc1O.Cc1ccc(-c2ccc(C(=O)NS(=O)(=O)c3cccnc3N)c(N3C[C@@H](C)CC3(C)C)n2)c(F)c1.Nc1cccc(S(=O)(=O)NC(=O)c2cccnc2C2CCCC(c3ccccc3)C2)n1. The number of phenolic OH excluding ortho intramolecular Hbond substituents is 1. The Morgan fingerprint density at radius 3 is 1.42 bits per heavy atom. The fraction of sp³-hybridized carbons (Fsp3) is 0.363. The smallest absolute Gasteiger partial charge is 0.281 e. The number of nitrogens with zero attached hydrogens (tertiary/aromatic N) is 12. The molecule has 2 unspecified atom stereocenters. The van der Waals surface area contributed by atoms with Crippen LogP contribution < -0.4 is 61.3 Å². The first-order valence-corrected chi connectivity index (χ1v) is 52.5. The number of phenols is 1. The van der Waals surface area contributed by atoms with Gasteiger partial charge in [-0.3, -0.25) is 29.0 Å². The molecule has 8 aromatic heterocycles. The molecule has 1 saturated carbocycles. The minimum Gasteiger partial charge on any atom is -0.504 e. The van der Waals surface area contributed by atoms with Crippen LogP contribution in [0.4, 0.5) is 45.1 Å². The number of carbonyl (C=O) groups is 5. The third kappa shape index (κ3) is 24.4. The zero-order valence-corrected chi connectivity index (χ0v) is 85.0. The summed E-state index contributed by atoms with van der Waals surface area (Å²) >= 11 is 0. The number of hydrogen-bond acceptors (Lipinski definition) is 30. The van der Waals surface area contributed by atoms with Gasteiger partial charge in [0, 0.05) is 90.4 Å². The van der Waals surface area contributed by atoms with Crippen molar-refractivity contribution >= 4 is 116 Å². The van der Waals surface area contributed by atoms with E-state index in [0.717, 1.165) is 62.5 Å². The summed E-state index contributed by atoms with van der Waals surface area (Å²) < 4.78 is 131. The molecule has 0 bridgehead atoms. The van der Waals surface area contributed by atoms with Crippen LogP contribution in [0.2, 0.25) is 0 Å². The molecule has 750 valence electrons. The molecule has 5 atom stereocenters. The first-order valence-electron chi connectivity index (χ1n) is 46.5. The van der Waals surface area contributed by atoms with Crippen LogP contribution in [0.1, 0.15) is 217 Å². The number of aryl methyl sites for hydroxylation is 1. The van der Waals surface area contributed by atoms with Gasteiger partial charge in [0.1, 0.15) is 56.3 Å². The number of benzene rings is 3. The zero-order chi connectivity index (χ0) is 103. The van der Waals surface area contributed by atoms with Crippen LogP contribution in [-0.4, -0.2) is 170 Å². The van der Waals surface area contributed by atoms with Gasteiger partial charge in [0.2, 0.25) is 5.91 Å². The molecule has 5 amide bonds. The van der Waals surface area contributed by atoms with Crippen LogP contribution in [0.5, 0.6) is 11.5 Å². The maximum atomic E-state index is 14.7. The quantitative estimate of drug-likeness (QED) is 0.0287. The number of aromatic hydroxyl groups is 1. The Bertz CT molecular complexity index is 7140. The lowest BCUT2D eigenvalue weighted by molar-refractivity contribution is -0.140. The normalized spacial score (nSPS) is 18.2. The van der Waals surface area contributed by atoms with Crippen molar-refractivity contribution in [1.82, 2.24) is 63.7 Å². The minimum absolute atomic E-state index is 0.00754. The maximum Gasteiger partial charge on any atom is 0.281 e. The van der Waals surface area contributed by atoms with Gasteiger partial charge in [-0.2, -0.15) is 16.8 Å². The number of amides is 5. The van der Waals surface area contributed by atoms with Gasteiger partial charge in [-0.1, -0.05) is 103 Å². The number of nitrogens with two attached hydrogens (primary N) is 4. The standard InChI is InChI=1S/C29H40N6O4S.C25H28FN5O3S.C25H29N5O5S.C23H24N4O3S/c1-7-28(3,4)27(37)34-15-9-10-20(18-34)22-14-13-21(25(31-22)35-17-19(2)16-29(35,5)6)26(36)33-40(38,39)24-12-8-11-23(30)32-24;1-15-7-8-17(19(26)12-15)20-10-9-18(23(29-20)31-14-16(2)13-25(31,3)4)24(32)30-35(33,34)21-6-5-11-28-22(21)27;1-15-13-25(2,3)30(14-15)23-17(24(32)29-36(33,34)21-6-5-11-27-22(21)26)8-9-18(28-23)16-7-10-19(31)20(12-16)35-4;24-20-12-5-13-21(26-20)31(29,30)27-23(28)19-11-6-14-25-22(19)18-10-4-9-17(15-18)16-7-2-1-3-8-16/h8,10-14,19H,7,9,15-18H2,1-6H3,(H2,30,32)(H,33,36);5-12,16H,13-14H2,1-4H3,(H2,27,28)(H,30,32);5-12,15,31H,13-14H2,1-4H3,(H2,26,27)(H,29,32);1-3,5-8,11-14,17-18H,4,9-10,15H2,(H2,24,26)(H,27,28)/t19-;16-;15-;/m000./s1. The summed E-state index contributed by atoms with van der Waals surface area (Å²) in [7, 11) is -15.5. The van der Waals surface area contributed by atoms with Gasteiger partial charge in [0.05, 0.1) is 52.1 Å². The summed E-state index contributed by atoms with van der Waals surface area (Å²) in [4.78, 5) is 108. The number of pyridine rings is 8. The second kappa shape index (κ2) is 42.7. The highest BCUT2D eigenvalue weighted by atomic mass is 32.2. The van der Waals surface area contributed by atoms with E-state index in [-0.39, 0.29) is 105 Å². The molecular weight excluding hydrogens is 1890 g/mol. The summed E-state index contributed by atoms with van der Waals surface area (Å²) in [6, 6.07) is 46.6. The van der Waals surface area contributed by atoms with E-state index < -0.39 is 75.0 Å². The number of aromatic nitrogens is 8. The number of nitrogens with one attached hydrogen (secondary N) is 4. The Labute approximate surface area is 828 Å². The zero-order valence-electron chi connectivity index (χ0n) is 81.7. The molecular formula is C102H121FN20O15S4. The van der Waals surface area contributed by atoms with Gasteiger partial charge in [-0.05, 0) is 268 Å². The lowest BCUT2D eigenvalue weighted by Crippen LogP contribution is -2.43. The average Bonchev–Trinajstić information content (AvgIpc) is 1.57. The monoisotopic (exact) mass is 2010 g/mol. The van der Waals surface area contributed by atoms with E-state index >= 15 is 0 Å². The van der Waals surface area contributed by atoms with Crippen molar-refractivity contribution in [1.29, 1.82) is 0 Å². The molecule has 4 fully saturated rings. The molecule has 0 radical (unpaired) electrons. The average molecular weight is 2010 g/mol. The van der Waals surface area contributed by atoms with Gasteiger partial charge >= 0.3 is 0 Å². The number of carbonyl (C=O) groups excluding carboxylic acids is 5. The number of halogens is 1. The molecule has 1 aliphatic carbocycles. The Hall–Kier alpha value is -14.1. The lowest BCUT2D eigenvalue weighted by atomic mass is 9.76. The fourth-order valence-electron chi connectivity index (χ4n) is 19.0. The first-order chi connectivity index (χ1) is 66.9. The van der Waals surface area contributed by atoms with Crippen molar-refractivity contribution in [3.63, 3.8) is 0 Å². The van der Waals surface area contributed by atoms with E-state index in [4.69, 9.17) is 37.6 Å². The van der Waals surface area contributed by atoms with Gasteiger partial charge in [0.15, 0.2) is 21.6 Å². The number of nitrogen functional groups attached to an aromatic ring is 4. The van der Waals surface area contributed by atoms with E-state index in [0.29, 0.717) is 114 Å². The number of rotatable bonds is 23. The van der Waals surface area contributed by atoms with Crippen molar-refractivity contribution in [2.45, 2.75) is 196 Å². The third-order valence-corrected chi connectivity index (χ3v) is 31.2. The Kier molecular flexibility index (Phi) is 31.7. The van der Waals surface area contributed by atoms with E-state index in [1.165, 1.54) is 110 Å². The summed E-state index contributed by atoms with van der Waals surface area (Å²) in [6.07, 6.45) is 14.4. The molecule has 35 nitrogen and oxygen atoms in total. The molecule has 40 heteroatoms. The second-order valence-electron chi connectivity index (χ2n) is 39.0. The number of anilines is 7. The van der Waals surface area contributed by atoms with Crippen LogP contribution in [0.15, 0.2) is 220 Å². The Balaban J connectivity index is 0.000000160. The molecule has 3 saturated heterocycles. The van der Waals surface area contributed by atoms with Crippen molar-refractivity contribution in [3.8, 4) is 34.0 Å². The van der Waals surface area contributed by atoms with Gasteiger partial charge in [0.25, 0.3) is 63.7 Å². The fourth-order valence-corrected chi connectivity index (χ4v) is 22.9. The largest absolute Gasteiger partial charge is 0.504 e. The summed E-state index contributed by atoms with van der Waals surface area (Å²) in [5, 5.41) is 9.33.